The summed E-state index contributed by atoms with van der Waals surface area (Å²) >= 11 is -2.88. The molecule has 0 saturated carbocycles. The zero-order valence-corrected chi connectivity index (χ0v) is 7.01. The van der Waals surface area contributed by atoms with Crippen molar-refractivity contribution < 1.29 is 23.4 Å². The van der Waals surface area contributed by atoms with Gasteiger partial charge in [-0.15, -0.1) is 0 Å². The number of esters is 1. The minimum absolute atomic E-state index is 0.0339. The van der Waals surface area contributed by atoms with Crippen LogP contribution in [0.3, 0.4) is 0 Å². The Labute approximate surface area is 66.6 Å². The van der Waals surface area contributed by atoms with Crippen molar-refractivity contribution in [2.24, 2.45) is 0 Å². The highest BCUT2D eigenvalue weighted by molar-refractivity contribution is 7.81. The molecule has 2 atom stereocenters. The van der Waals surface area contributed by atoms with Crippen LogP contribution in [0.5, 0.6) is 0 Å². The molecule has 0 aliphatic heterocycles. The van der Waals surface area contributed by atoms with E-state index in [4.69, 9.17) is 5.11 Å². The Balaban J connectivity index is 4.30. The van der Waals surface area contributed by atoms with Crippen LogP contribution in [0.15, 0.2) is 0 Å². The highest BCUT2D eigenvalue weighted by atomic mass is 32.2. The van der Waals surface area contributed by atoms with Gasteiger partial charge in [-0.25, -0.2) is 4.79 Å². The lowest BCUT2D eigenvalue weighted by Gasteiger charge is -2.22. The molecule has 0 radical (unpaired) electrons. The molecular formula is C5H9O5S-. The molecule has 0 aliphatic carbocycles. The van der Waals surface area contributed by atoms with Gasteiger partial charge in [0.1, 0.15) is 0 Å². The van der Waals surface area contributed by atoms with Gasteiger partial charge in [-0.3, -0.25) is 4.21 Å². The summed E-state index contributed by atoms with van der Waals surface area (Å²) in [6.07, 6.45) is 0. The number of ether oxygens (including phenoxy) is 1. The van der Waals surface area contributed by atoms with E-state index in [0.29, 0.717) is 0 Å². The Hall–Kier alpha value is -0.460. The van der Waals surface area contributed by atoms with Gasteiger partial charge in [-0.2, -0.15) is 0 Å². The highest BCUT2D eigenvalue weighted by Gasteiger charge is 2.33. The lowest BCUT2D eigenvalue weighted by atomic mass is 10.4. The van der Waals surface area contributed by atoms with Crippen molar-refractivity contribution in [3.8, 4) is 0 Å². The topological polar surface area (TPSA) is 86.7 Å². The van der Waals surface area contributed by atoms with E-state index in [9.17, 15) is 13.6 Å². The predicted molar refractivity (Wildman–Crippen MR) is 36.2 cm³/mol. The van der Waals surface area contributed by atoms with E-state index < -0.39 is 22.0 Å². The molecular weight excluding hydrogens is 172 g/mol. The van der Waals surface area contributed by atoms with Crippen LogP contribution in [0.4, 0.5) is 0 Å². The van der Waals surface area contributed by atoms with E-state index in [1.54, 1.807) is 0 Å². The first-order chi connectivity index (χ1) is 4.92. The van der Waals surface area contributed by atoms with Crippen LogP contribution in [-0.2, 0) is 20.6 Å². The monoisotopic (exact) mass is 181 g/mol. The molecule has 0 heterocycles. The van der Waals surface area contributed by atoms with Crippen LogP contribution in [0.25, 0.3) is 0 Å². The minimum atomic E-state index is -2.88. The average Bonchev–Trinajstić information content (AvgIpc) is 1.88. The van der Waals surface area contributed by atoms with Crippen LogP contribution >= 0.6 is 0 Å². The Morgan fingerprint density at radius 3 is 2.55 bits per heavy atom. The summed E-state index contributed by atoms with van der Waals surface area (Å²) in [7, 11) is 0. The number of aliphatic hydroxyl groups is 1. The molecule has 0 bridgehead atoms. The zero-order chi connectivity index (χ0) is 9.07. The first-order valence-electron chi connectivity index (χ1n) is 2.92. The fourth-order valence-electron chi connectivity index (χ4n) is 0.333. The maximum absolute atomic E-state index is 10.6. The smallest absolute Gasteiger partial charge is 0.350 e. The molecule has 1 N–H and O–H groups in total. The van der Waals surface area contributed by atoms with Crippen LogP contribution in [0.2, 0.25) is 0 Å². The van der Waals surface area contributed by atoms with Gasteiger partial charge in [0.25, 0.3) is 0 Å². The maximum Gasteiger partial charge on any atom is 0.350 e. The Morgan fingerprint density at radius 2 is 2.27 bits per heavy atom. The van der Waals surface area contributed by atoms with Gasteiger partial charge in [0.05, 0.1) is 6.61 Å². The van der Waals surface area contributed by atoms with Crippen molar-refractivity contribution in [3.05, 3.63) is 0 Å². The van der Waals surface area contributed by atoms with Gasteiger partial charge < -0.3 is 14.4 Å². The molecule has 0 amide bonds. The standard InChI is InChI=1S/C5H10O5S/c1-3-10-4(6)5(2,7)11(8)9/h7H,3H2,1-2H3,(H,8,9)/p-1. The first kappa shape index (κ1) is 10.5. The largest absolute Gasteiger partial charge is 0.770 e. The normalized spacial score (nSPS) is 18.5. The number of hydrogen-bond acceptors (Lipinski definition) is 5. The van der Waals surface area contributed by atoms with Gasteiger partial charge in [-0.1, -0.05) is 0 Å². The number of carbonyl (C=O) groups excluding carboxylic acids is 1. The molecule has 0 fully saturated rings. The molecule has 0 aromatic heterocycles. The SMILES string of the molecule is CCOC(=O)C(C)(O)S(=O)[O-]. The number of carbonyl (C=O) groups is 1. The van der Waals surface area contributed by atoms with Crippen LogP contribution in [-0.4, -0.2) is 31.4 Å². The molecule has 0 aliphatic rings. The number of hydrogen-bond donors (Lipinski definition) is 1. The van der Waals surface area contributed by atoms with Crippen LogP contribution < -0.4 is 0 Å². The molecule has 0 rings (SSSR count). The van der Waals surface area contributed by atoms with E-state index in [-0.39, 0.29) is 6.61 Å². The number of rotatable bonds is 3. The van der Waals surface area contributed by atoms with Crippen molar-refractivity contribution in [1.29, 1.82) is 0 Å². The molecule has 5 nitrogen and oxygen atoms in total. The summed E-state index contributed by atoms with van der Waals surface area (Å²) < 4.78 is 24.7. The third-order valence-corrected chi connectivity index (χ3v) is 1.79. The van der Waals surface area contributed by atoms with Crippen molar-refractivity contribution in [2.45, 2.75) is 18.8 Å². The molecule has 6 heteroatoms. The second-order valence-corrected chi connectivity index (χ2v) is 3.20. The Morgan fingerprint density at radius 1 is 1.82 bits per heavy atom. The second-order valence-electron chi connectivity index (χ2n) is 1.94. The van der Waals surface area contributed by atoms with E-state index in [2.05, 4.69) is 4.74 Å². The van der Waals surface area contributed by atoms with Crippen molar-refractivity contribution >= 4 is 17.0 Å². The average molecular weight is 181 g/mol. The first-order valence-corrected chi connectivity index (χ1v) is 3.99. The second kappa shape index (κ2) is 3.80. The maximum atomic E-state index is 10.6. The molecule has 0 spiro atoms. The van der Waals surface area contributed by atoms with Gasteiger partial charge in [0, 0.05) is 0 Å². The minimum Gasteiger partial charge on any atom is -0.770 e. The van der Waals surface area contributed by atoms with E-state index in [0.717, 1.165) is 6.92 Å². The fourth-order valence-corrected chi connectivity index (χ4v) is 0.528. The highest BCUT2D eigenvalue weighted by Crippen LogP contribution is 2.09. The summed E-state index contributed by atoms with van der Waals surface area (Å²) in [5.41, 5.74) is 0. The summed E-state index contributed by atoms with van der Waals surface area (Å²) in [6.45, 7) is 2.40. The van der Waals surface area contributed by atoms with E-state index in [1.165, 1.54) is 6.92 Å². The molecule has 0 aromatic carbocycles. The lowest BCUT2D eigenvalue weighted by Crippen LogP contribution is -2.41. The van der Waals surface area contributed by atoms with E-state index in [1.807, 2.05) is 0 Å². The molecule has 0 aromatic rings. The summed E-state index contributed by atoms with van der Waals surface area (Å²) in [6, 6.07) is 0. The summed E-state index contributed by atoms with van der Waals surface area (Å²) in [5, 5.41) is 8.90. The van der Waals surface area contributed by atoms with Crippen LogP contribution in [0.1, 0.15) is 13.8 Å². The summed E-state index contributed by atoms with van der Waals surface area (Å²) in [5.74, 6) is -1.16. The lowest BCUT2D eigenvalue weighted by molar-refractivity contribution is -0.155. The Kier molecular flexibility index (Phi) is 3.64. The molecule has 66 valence electrons. The van der Waals surface area contributed by atoms with E-state index >= 15 is 0 Å². The predicted octanol–water partition coefficient (Wildman–Crippen LogP) is -0.863. The Bertz CT molecular complexity index is 176. The zero-order valence-electron chi connectivity index (χ0n) is 6.20. The van der Waals surface area contributed by atoms with Gasteiger partial charge in [-0.05, 0) is 24.9 Å². The van der Waals surface area contributed by atoms with Crippen molar-refractivity contribution in [1.82, 2.24) is 0 Å². The van der Waals surface area contributed by atoms with Crippen molar-refractivity contribution in [3.63, 3.8) is 0 Å². The van der Waals surface area contributed by atoms with Gasteiger partial charge >= 0.3 is 5.97 Å². The molecule has 0 saturated heterocycles. The third-order valence-electron chi connectivity index (χ3n) is 0.979. The summed E-state index contributed by atoms with van der Waals surface area (Å²) in [4.78, 5) is 8.21. The van der Waals surface area contributed by atoms with Crippen molar-refractivity contribution in [2.75, 3.05) is 6.61 Å². The van der Waals surface area contributed by atoms with Gasteiger partial charge in [0.2, 0.25) is 4.93 Å². The quantitative estimate of drug-likeness (QED) is 0.452. The van der Waals surface area contributed by atoms with Gasteiger partial charge in [0.15, 0.2) is 0 Å². The third kappa shape index (κ3) is 2.57. The molecule has 11 heavy (non-hydrogen) atoms. The molecule has 2 unspecified atom stereocenters. The fraction of sp³-hybridized carbons (Fsp3) is 0.800. The van der Waals surface area contributed by atoms with Crippen LogP contribution in [0, 0.1) is 0 Å².